The number of amides is 1. The van der Waals surface area contributed by atoms with Gasteiger partial charge in [-0.2, -0.15) is 0 Å². The van der Waals surface area contributed by atoms with E-state index < -0.39 is 11.0 Å². The van der Waals surface area contributed by atoms with Crippen molar-refractivity contribution < 1.29 is 19.1 Å². The number of hydrogen-bond acceptors (Lipinski definition) is 7. The van der Waals surface area contributed by atoms with Crippen molar-refractivity contribution in [1.29, 1.82) is 0 Å². The molecule has 0 aliphatic carbocycles. The Morgan fingerprint density at radius 1 is 1.28 bits per heavy atom. The molecule has 0 aliphatic heterocycles. The average molecular weight is 435 g/mol. The highest BCUT2D eigenvalue weighted by Crippen LogP contribution is 2.39. The Morgan fingerprint density at radius 2 is 1.97 bits per heavy atom. The Labute approximate surface area is 174 Å². The highest BCUT2D eigenvalue weighted by molar-refractivity contribution is 6.39. The third-order valence-corrected chi connectivity index (χ3v) is 4.34. The molecule has 0 bridgehead atoms. The second-order valence-electron chi connectivity index (χ2n) is 5.65. The summed E-state index contributed by atoms with van der Waals surface area (Å²) < 4.78 is 5.13. The SMILES string of the molecule is Cc1onc(-c2c(Cl)cccc2Cl)c1NC(=O)O/N=C\c1cccc([N+](=O)[O-])c1. The molecule has 0 unspecified atom stereocenters. The van der Waals surface area contributed by atoms with Crippen molar-refractivity contribution in [3.8, 4) is 11.3 Å². The molecule has 29 heavy (non-hydrogen) atoms. The van der Waals surface area contributed by atoms with Gasteiger partial charge in [0.05, 0.1) is 21.2 Å². The van der Waals surface area contributed by atoms with E-state index in [0.29, 0.717) is 26.9 Å². The van der Waals surface area contributed by atoms with Crippen LogP contribution < -0.4 is 5.32 Å². The van der Waals surface area contributed by atoms with E-state index in [2.05, 4.69) is 15.6 Å². The van der Waals surface area contributed by atoms with Crippen molar-refractivity contribution in [2.45, 2.75) is 6.92 Å². The number of oxime groups is 1. The fourth-order valence-corrected chi connectivity index (χ4v) is 2.97. The first-order valence-electron chi connectivity index (χ1n) is 8.03. The second-order valence-corrected chi connectivity index (χ2v) is 6.46. The minimum absolute atomic E-state index is 0.111. The van der Waals surface area contributed by atoms with Gasteiger partial charge >= 0.3 is 6.09 Å². The topological polar surface area (TPSA) is 120 Å². The Balaban J connectivity index is 1.74. The summed E-state index contributed by atoms with van der Waals surface area (Å²) in [6.07, 6.45) is 0.237. The summed E-state index contributed by atoms with van der Waals surface area (Å²) in [6, 6.07) is 10.6. The fraction of sp³-hybridized carbons (Fsp3) is 0.0556. The molecule has 9 nitrogen and oxygen atoms in total. The van der Waals surface area contributed by atoms with Gasteiger partial charge in [-0.3, -0.25) is 20.3 Å². The number of carbonyl (C=O) groups excluding carboxylic acids is 1. The highest BCUT2D eigenvalue weighted by Gasteiger charge is 2.21. The lowest BCUT2D eigenvalue weighted by atomic mass is 10.1. The minimum atomic E-state index is -0.928. The summed E-state index contributed by atoms with van der Waals surface area (Å²) >= 11 is 12.4. The summed E-state index contributed by atoms with van der Waals surface area (Å²) in [7, 11) is 0. The van der Waals surface area contributed by atoms with Crippen molar-refractivity contribution in [2.75, 3.05) is 5.32 Å². The molecule has 3 rings (SSSR count). The molecule has 0 radical (unpaired) electrons. The highest BCUT2D eigenvalue weighted by atomic mass is 35.5. The summed E-state index contributed by atoms with van der Waals surface area (Å²) in [5.41, 5.74) is 1.12. The van der Waals surface area contributed by atoms with E-state index in [1.54, 1.807) is 31.2 Å². The van der Waals surface area contributed by atoms with Crippen molar-refractivity contribution in [1.82, 2.24) is 5.16 Å². The number of rotatable bonds is 5. The summed E-state index contributed by atoms with van der Waals surface area (Å²) in [5, 5.41) is 21.3. The van der Waals surface area contributed by atoms with Crippen LogP contribution in [0.3, 0.4) is 0 Å². The molecular formula is C18H12Cl2N4O5. The fourth-order valence-electron chi connectivity index (χ4n) is 2.39. The Kier molecular flexibility index (Phi) is 6.10. The van der Waals surface area contributed by atoms with Crippen molar-refractivity contribution in [3.63, 3.8) is 0 Å². The van der Waals surface area contributed by atoms with Gasteiger partial charge in [0.2, 0.25) is 0 Å². The monoisotopic (exact) mass is 434 g/mol. The number of aryl methyl sites for hydroxylation is 1. The van der Waals surface area contributed by atoms with Crippen LogP contribution >= 0.6 is 23.2 Å². The number of benzene rings is 2. The lowest BCUT2D eigenvalue weighted by Gasteiger charge is -2.07. The maximum Gasteiger partial charge on any atom is 0.438 e. The van der Waals surface area contributed by atoms with Gasteiger partial charge < -0.3 is 4.52 Å². The summed E-state index contributed by atoms with van der Waals surface area (Å²) in [5.74, 6) is 0.301. The van der Waals surface area contributed by atoms with Crippen LogP contribution in [0.1, 0.15) is 11.3 Å². The number of non-ortho nitro benzene ring substituents is 1. The Bertz CT molecular complexity index is 1090. The molecule has 0 saturated heterocycles. The largest absolute Gasteiger partial charge is 0.438 e. The predicted octanol–water partition coefficient (Wildman–Crippen LogP) is 5.45. The van der Waals surface area contributed by atoms with Crippen LogP contribution in [0.15, 0.2) is 52.1 Å². The zero-order valence-corrected chi connectivity index (χ0v) is 16.3. The van der Waals surface area contributed by atoms with E-state index in [-0.39, 0.29) is 17.1 Å². The molecule has 0 atom stereocenters. The van der Waals surface area contributed by atoms with E-state index >= 15 is 0 Å². The molecule has 11 heteroatoms. The molecule has 3 aromatic rings. The van der Waals surface area contributed by atoms with Gasteiger partial charge in [0, 0.05) is 23.3 Å². The number of halogens is 2. The van der Waals surface area contributed by atoms with E-state index in [4.69, 9.17) is 32.6 Å². The number of hydrogen-bond donors (Lipinski definition) is 1. The standard InChI is InChI=1S/C18H12Cl2N4O5/c1-10-16(17(23-28-10)15-13(19)6-3-7-14(15)20)22-18(25)29-21-9-11-4-2-5-12(8-11)24(26)27/h2-9H,1H3,(H,22,25)/b21-9-. The zero-order valence-electron chi connectivity index (χ0n) is 14.8. The number of nitrogens with one attached hydrogen (secondary N) is 1. The number of nitrogens with zero attached hydrogens (tertiary/aromatic N) is 3. The molecule has 0 fully saturated rings. The number of anilines is 1. The first-order chi connectivity index (χ1) is 13.9. The van der Waals surface area contributed by atoms with Crippen LogP contribution in [0.5, 0.6) is 0 Å². The van der Waals surface area contributed by atoms with Crippen LogP contribution in [0.25, 0.3) is 11.3 Å². The van der Waals surface area contributed by atoms with Gasteiger partial charge in [0.15, 0.2) is 5.76 Å². The van der Waals surface area contributed by atoms with Crippen molar-refractivity contribution in [2.24, 2.45) is 5.16 Å². The molecular weight excluding hydrogens is 423 g/mol. The van der Waals surface area contributed by atoms with Crippen LogP contribution in [-0.2, 0) is 4.84 Å². The zero-order chi connectivity index (χ0) is 21.0. The van der Waals surface area contributed by atoms with E-state index in [1.807, 2.05) is 0 Å². The van der Waals surface area contributed by atoms with Gasteiger partial charge in [-0.15, -0.1) is 0 Å². The smallest absolute Gasteiger partial charge is 0.359 e. The molecule has 1 aromatic heterocycles. The van der Waals surface area contributed by atoms with Crippen molar-refractivity contribution in [3.05, 3.63) is 73.9 Å². The van der Waals surface area contributed by atoms with Gasteiger partial charge in [-0.05, 0) is 19.1 Å². The quantitative estimate of drug-likeness (QED) is 0.246. The van der Waals surface area contributed by atoms with Crippen LogP contribution in [0.2, 0.25) is 10.0 Å². The van der Waals surface area contributed by atoms with E-state index in [9.17, 15) is 14.9 Å². The first-order valence-corrected chi connectivity index (χ1v) is 8.79. The third-order valence-electron chi connectivity index (χ3n) is 3.71. The van der Waals surface area contributed by atoms with Crippen LogP contribution in [0.4, 0.5) is 16.2 Å². The number of nitro groups is 1. The van der Waals surface area contributed by atoms with E-state index in [0.717, 1.165) is 0 Å². The second kappa shape index (κ2) is 8.72. The summed E-state index contributed by atoms with van der Waals surface area (Å²) in [4.78, 5) is 27.1. The Morgan fingerprint density at radius 3 is 2.66 bits per heavy atom. The van der Waals surface area contributed by atoms with Gasteiger partial charge in [-0.25, -0.2) is 4.79 Å². The van der Waals surface area contributed by atoms with Crippen LogP contribution in [0, 0.1) is 17.0 Å². The maximum atomic E-state index is 12.1. The first kappa shape index (κ1) is 20.3. The average Bonchev–Trinajstić information content (AvgIpc) is 3.02. The van der Waals surface area contributed by atoms with Crippen molar-refractivity contribution >= 4 is 46.9 Å². The van der Waals surface area contributed by atoms with Gasteiger partial charge in [0.25, 0.3) is 5.69 Å². The normalized spacial score (nSPS) is 10.9. The molecule has 0 spiro atoms. The van der Waals surface area contributed by atoms with Gasteiger partial charge in [-0.1, -0.05) is 51.7 Å². The molecule has 1 heterocycles. The predicted molar refractivity (Wildman–Crippen MR) is 107 cm³/mol. The summed E-state index contributed by atoms with van der Waals surface area (Å²) in [6.45, 7) is 1.59. The number of aromatic nitrogens is 1. The maximum absolute atomic E-state index is 12.1. The molecule has 0 saturated carbocycles. The number of nitro benzene ring substituents is 1. The molecule has 1 N–H and O–H groups in total. The molecule has 0 aliphatic rings. The van der Waals surface area contributed by atoms with E-state index in [1.165, 1.54) is 24.4 Å². The number of carbonyl (C=O) groups is 1. The third kappa shape index (κ3) is 4.71. The lowest BCUT2D eigenvalue weighted by molar-refractivity contribution is -0.384. The Hall–Kier alpha value is -3.43. The van der Waals surface area contributed by atoms with Gasteiger partial charge in [0.1, 0.15) is 11.4 Å². The molecule has 2 aromatic carbocycles. The minimum Gasteiger partial charge on any atom is -0.359 e. The molecule has 148 valence electrons. The molecule has 1 amide bonds. The van der Waals surface area contributed by atoms with Crippen LogP contribution in [-0.4, -0.2) is 22.4 Å². The lowest BCUT2D eigenvalue weighted by Crippen LogP contribution is -2.12.